The number of carbonyl (C=O) groups excluding carboxylic acids is 2. The highest BCUT2D eigenvalue weighted by Crippen LogP contribution is 2.31. The second-order valence-electron chi connectivity index (χ2n) is 7.44. The third kappa shape index (κ3) is 5.19. The Kier molecular flexibility index (Phi) is 6.78. The molecule has 0 radical (unpaired) electrons. The molecule has 0 saturated heterocycles. The number of hydrogen-bond acceptors (Lipinski definition) is 2. The van der Waals surface area contributed by atoms with Crippen LogP contribution in [0.3, 0.4) is 0 Å². The van der Waals surface area contributed by atoms with E-state index in [2.05, 4.69) is 25.2 Å². The first-order valence-corrected chi connectivity index (χ1v) is 9.45. The lowest BCUT2D eigenvalue weighted by Crippen LogP contribution is -2.33. The van der Waals surface area contributed by atoms with E-state index in [-0.39, 0.29) is 18.2 Å². The van der Waals surface area contributed by atoms with E-state index in [1.165, 1.54) is 5.56 Å². The Morgan fingerprint density at radius 1 is 1.00 bits per heavy atom. The summed E-state index contributed by atoms with van der Waals surface area (Å²) >= 11 is 0. The van der Waals surface area contributed by atoms with Crippen LogP contribution in [0.4, 0.5) is 11.4 Å². The van der Waals surface area contributed by atoms with E-state index in [1.54, 1.807) is 11.8 Å². The smallest absolute Gasteiger partial charge is 0.226 e. The summed E-state index contributed by atoms with van der Waals surface area (Å²) in [5.74, 6) is 0.153. The highest BCUT2D eigenvalue weighted by molar-refractivity contribution is 5.96. The fourth-order valence-electron chi connectivity index (χ4n) is 3.20. The summed E-state index contributed by atoms with van der Waals surface area (Å²) in [5, 5.41) is 2.93. The minimum Gasteiger partial charge on any atom is -0.326 e. The molecule has 2 aromatic rings. The van der Waals surface area contributed by atoms with Gasteiger partial charge in [0, 0.05) is 31.3 Å². The molecule has 0 aliphatic heterocycles. The standard InChI is InChI=1S/C23H30N2O2/c1-15(2)21-9-7-8-17(4)23(21)25(19(6)26)13-12-22(27)24-20-11-10-16(3)18(5)14-20/h7-11,14-15H,12-13H2,1-6H3,(H,24,27). The predicted octanol–water partition coefficient (Wildman–Crippen LogP) is 5.12. The maximum Gasteiger partial charge on any atom is 0.226 e. The monoisotopic (exact) mass is 366 g/mol. The van der Waals surface area contributed by atoms with Crippen LogP contribution < -0.4 is 10.2 Å². The van der Waals surface area contributed by atoms with Gasteiger partial charge in [0.2, 0.25) is 11.8 Å². The van der Waals surface area contributed by atoms with Crippen molar-refractivity contribution in [1.82, 2.24) is 0 Å². The summed E-state index contributed by atoms with van der Waals surface area (Å²) in [7, 11) is 0. The molecule has 0 atom stereocenters. The molecule has 0 saturated carbocycles. The number of para-hydroxylation sites is 1. The first kappa shape index (κ1) is 20.7. The minimum atomic E-state index is -0.0933. The van der Waals surface area contributed by atoms with Gasteiger partial charge < -0.3 is 10.2 Å². The van der Waals surface area contributed by atoms with Gasteiger partial charge in [-0.1, -0.05) is 38.1 Å². The van der Waals surface area contributed by atoms with Gasteiger partial charge in [-0.3, -0.25) is 9.59 Å². The molecule has 0 aliphatic rings. The first-order chi connectivity index (χ1) is 12.7. The van der Waals surface area contributed by atoms with E-state index >= 15 is 0 Å². The summed E-state index contributed by atoms with van der Waals surface area (Å²) in [6, 6.07) is 11.9. The molecule has 2 amide bonds. The fraction of sp³-hybridized carbons (Fsp3) is 0.391. The minimum absolute atomic E-state index is 0.0508. The predicted molar refractivity (Wildman–Crippen MR) is 112 cm³/mol. The van der Waals surface area contributed by atoms with E-state index in [0.29, 0.717) is 12.5 Å². The van der Waals surface area contributed by atoms with Gasteiger partial charge >= 0.3 is 0 Å². The van der Waals surface area contributed by atoms with Crippen LogP contribution in [0.1, 0.15) is 55.4 Å². The van der Waals surface area contributed by atoms with Crippen molar-refractivity contribution in [2.45, 2.75) is 53.9 Å². The van der Waals surface area contributed by atoms with Gasteiger partial charge in [-0.25, -0.2) is 0 Å². The molecule has 0 fully saturated rings. The maximum absolute atomic E-state index is 12.4. The van der Waals surface area contributed by atoms with E-state index in [1.807, 2.05) is 51.1 Å². The Balaban J connectivity index is 2.15. The van der Waals surface area contributed by atoms with Gasteiger partial charge in [-0.2, -0.15) is 0 Å². The van der Waals surface area contributed by atoms with E-state index in [9.17, 15) is 9.59 Å². The molecule has 0 aromatic heterocycles. The molecular weight excluding hydrogens is 336 g/mol. The van der Waals surface area contributed by atoms with Crippen LogP contribution in [-0.4, -0.2) is 18.4 Å². The number of nitrogens with zero attached hydrogens (tertiary/aromatic N) is 1. The maximum atomic E-state index is 12.4. The number of carbonyl (C=O) groups is 2. The van der Waals surface area contributed by atoms with E-state index < -0.39 is 0 Å². The molecule has 2 rings (SSSR count). The molecule has 144 valence electrons. The van der Waals surface area contributed by atoms with Gasteiger partial charge in [0.15, 0.2) is 0 Å². The largest absolute Gasteiger partial charge is 0.326 e. The molecule has 0 aliphatic carbocycles. The van der Waals surface area contributed by atoms with Crippen molar-refractivity contribution < 1.29 is 9.59 Å². The summed E-state index contributed by atoms with van der Waals surface area (Å²) < 4.78 is 0. The van der Waals surface area contributed by atoms with Crippen molar-refractivity contribution in [3.8, 4) is 0 Å². The summed E-state index contributed by atoms with van der Waals surface area (Å²) in [6.07, 6.45) is 0.248. The van der Waals surface area contributed by atoms with Gasteiger partial charge in [0.25, 0.3) is 0 Å². The zero-order valence-corrected chi connectivity index (χ0v) is 17.2. The van der Waals surface area contributed by atoms with Crippen molar-refractivity contribution in [3.05, 3.63) is 58.7 Å². The van der Waals surface area contributed by atoms with Gasteiger partial charge in [0.1, 0.15) is 0 Å². The third-order valence-corrected chi connectivity index (χ3v) is 4.89. The quantitative estimate of drug-likeness (QED) is 0.771. The Hall–Kier alpha value is -2.62. The third-order valence-electron chi connectivity index (χ3n) is 4.89. The number of aryl methyl sites for hydroxylation is 3. The second-order valence-corrected chi connectivity index (χ2v) is 7.44. The van der Waals surface area contributed by atoms with Crippen molar-refractivity contribution >= 4 is 23.2 Å². The van der Waals surface area contributed by atoms with Crippen LogP contribution >= 0.6 is 0 Å². The molecule has 0 spiro atoms. The summed E-state index contributed by atoms with van der Waals surface area (Å²) in [5.41, 5.74) is 6.22. The lowest BCUT2D eigenvalue weighted by Gasteiger charge is -2.27. The molecule has 27 heavy (non-hydrogen) atoms. The van der Waals surface area contributed by atoms with Crippen LogP contribution in [0.5, 0.6) is 0 Å². The van der Waals surface area contributed by atoms with Crippen molar-refractivity contribution in [1.29, 1.82) is 0 Å². The molecule has 1 N–H and O–H groups in total. The molecule has 0 unspecified atom stereocenters. The molecular formula is C23H30N2O2. The van der Waals surface area contributed by atoms with Gasteiger partial charge in [-0.15, -0.1) is 0 Å². The first-order valence-electron chi connectivity index (χ1n) is 9.45. The molecule has 0 bridgehead atoms. The normalized spacial score (nSPS) is 10.8. The Labute approximate surface area is 162 Å². The van der Waals surface area contributed by atoms with Crippen molar-refractivity contribution in [2.75, 3.05) is 16.8 Å². The topological polar surface area (TPSA) is 49.4 Å². The number of nitrogens with one attached hydrogen (secondary N) is 1. The highest BCUT2D eigenvalue weighted by atomic mass is 16.2. The SMILES string of the molecule is CC(=O)N(CCC(=O)Nc1ccc(C)c(C)c1)c1c(C)cccc1C(C)C. The Morgan fingerprint density at radius 2 is 1.70 bits per heavy atom. The average molecular weight is 367 g/mol. The average Bonchev–Trinajstić information content (AvgIpc) is 2.59. The Bertz CT molecular complexity index is 840. The number of benzene rings is 2. The lowest BCUT2D eigenvalue weighted by molar-refractivity contribution is -0.117. The van der Waals surface area contributed by atoms with Crippen LogP contribution in [0.2, 0.25) is 0 Å². The molecule has 2 aromatic carbocycles. The van der Waals surface area contributed by atoms with Crippen LogP contribution in [0.15, 0.2) is 36.4 Å². The fourth-order valence-corrected chi connectivity index (χ4v) is 3.20. The van der Waals surface area contributed by atoms with E-state index in [4.69, 9.17) is 0 Å². The van der Waals surface area contributed by atoms with Crippen molar-refractivity contribution in [3.63, 3.8) is 0 Å². The van der Waals surface area contributed by atoms with Crippen molar-refractivity contribution in [2.24, 2.45) is 0 Å². The number of hydrogen-bond donors (Lipinski definition) is 1. The van der Waals surface area contributed by atoms with Crippen LogP contribution in [0, 0.1) is 20.8 Å². The zero-order chi connectivity index (χ0) is 20.1. The molecule has 4 nitrogen and oxygen atoms in total. The van der Waals surface area contributed by atoms with Crippen LogP contribution in [-0.2, 0) is 9.59 Å². The molecule has 0 heterocycles. The Morgan fingerprint density at radius 3 is 2.30 bits per heavy atom. The van der Waals surface area contributed by atoms with E-state index in [0.717, 1.165) is 28.1 Å². The summed E-state index contributed by atoms with van der Waals surface area (Å²) in [4.78, 5) is 26.5. The second kappa shape index (κ2) is 8.85. The highest BCUT2D eigenvalue weighted by Gasteiger charge is 2.20. The van der Waals surface area contributed by atoms with Gasteiger partial charge in [0.05, 0.1) is 0 Å². The number of amides is 2. The zero-order valence-electron chi connectivity index (χ0n) is 17.2. The number of rotatable bonds is 6. The van der Waals surface area contributed by atoms with Gasteiger partial charge in [-0.05, 0) is 61.1 Å². The number of anilines is 2. The summed E-state index contributed by atoms with van der Waals surface area (Å²) in [6.45, 7) is 12.2. The lowest BCUT2D eigenvalue weighted by atomic mass is 9.97. The van der Waals surface area contributed by atoms with Crippen LogP contribution in [0.25, 0.3) is 0 Å². The molecule has 4 heteroatoms.